The SMILES string of the molecule is C=C(C)CCC(C)CC(=O)O. The van der Waals surface area contributed by atoms with Gasteiger partial charge in [-0.2, -0.15) is 0 Å². The van der Waals surface area contributed by atoms with Crippen LogP contribution in [-0.4, -0.2) is 11.1 Å². The number of hydrogen-bond donors (Lipinski definition) is 1. The highest BCUT2D eigenvalue weighted by Gasteiger charge is 2.06. The fourth-order valence-electron chi connectivity index (χ4n) is 0.893. The minimum atomic E-state index is -0.709. The van der Waals surface area contributed by atoms with E-state index < -0.39 is 5.97 Å². The van der Waals surface area contributed by atoms with Crippen LogP contribution in [0, 0.1) is 5.92 Å². The Morgan fingerprint density at radius 3 is 2.55 bits per heavy atom. The highest BCUT2D eigenvalue weighted by molar-refractivity contribution is 5.66. The summed E-state index contributed by atoms with van der Waals surface area (Å²) >= 11 is 0. The summed E-state index contributed by atoms with van der Waals surface area (Å²) in [5, 5.41) is 8.43. The largest absolute Gasteiger partial charge is 0.481 e. The molecule has 2 nitrogen and oxygen atoms in total. The summed E-state index contributed by atoms with van der Waals surface area (Å²) < 4.78 is 0. The van der Waals surface area contributed by atoms with Gasteiger partial charge in [-0.3, -0.25) is 4.79 Å². The van der Waals surface area contributed by atoms with Crippen molar-refractivity contribution in [1.82, 2.24) is 0 Å². The number of aliphatic carboxylic acids is 1. The summed E-state index contributed by atoms with van der Waals surface area (Å²) in [5.74, 6) is -0.441. The second kappa shape index (κ2) is 4.94. The van der Waals surface area contributed by atoms with E-state index in [-0.39, 0.29) is 12.3 Å². The van der Waals surface area contributed by atoms with Crippen LogP contribution in [0.25, 0.3) is 0 Å². The maximum atomic E-state index is 10.2. The Balaban J connectivity index is 3.44. The second-order valence-electron chi connectivity index (χ2n) is 3.20. The molecule has 0 heterocycles. The summed E-state index contributed by atoms with van der Waals surface area (Å²) in [6.07, 6.45) is 2.14. The molecule has 11 heavy (non-hydrogen) atoms. The minimum Gasteiger partial charge on any atom is -0.481 e. The van der Waals surface area contributed by atoms with Crippen LogP contribution >= 0.6 is 0 Å². The third-order valence-corrected chi connectivity index (χ3v) is 1.59. The zero-order valence-corrected chi connectivity index (χ0v) is 7.26. The van der Waals surface area contributed by atoms with Crippen molar-refractivity contribution in [2.24, 2.45) is 5.92 Å². The molecule has 64 valence electrons. The van der Waals surface area contributed by atoms with Crippen LogP contribution in [0.2, 0.25) is 0 Å². The summed E-state index contributed by atoms with van der Waals surface area (Å²) in [7, 11) is 0. The number of allylic oxidation sites excluding steroid dienone is 1. The van der Waals surface area contributed by atoms with Gasteiger partial charge >= 0.3 is 5.97 Å². The van der Waals surface area contributed by atoms with Crippen LogP contribution < -0.4 is 0 Å². The molecule has 0 aromatic heterocycles. The van der Waals surface area contributed by atoms with Gasteiger partial charge in [0.1, 0.15) is 0 Å². The lowest BCUT2D eigenvalue weighted by molar-refractivity contribution is -0.138. The van der Waals surface area contributed by atoms with Crippen molar-refractivity contribution in [3.05, 3.63) is 12.2 Å². The third-order valence-electron chi connectivity index (χ3n) is 1.59. The predicted octanol–water partition coefficient (Wildman–Crippen LogP) is 2.45. The average Bonchev–Trinajstić information content (AvgIpc) is 1.82. The Labute approximate surface area is 67.9 Å². The van der Waals surface area contributed by atoms with E-state index in [4.69, 9.17) is 5.11 Å². The van der Waals surface area contributed by atoms with E-state index >= 15 is 0 Å². The molecule has 0 aliphatic heterocycles. The van der Waals surface area contributed by atoms with Crippen molar-refractivity contribution in [3.63, 3.8) is 0 Å². The van der Waals surface area contributed by atoms with E-state index in [0.717, 1.165) is 18.4 Å². The van der Waals surface area contributed by atoms with Gasteiger partial charge in [-0.15, -0.1) is 6.58 Å². The molecule has 0 aliphatic carbocycles. The molecule has 0 rings (SSSR count). The predicted molar refractivity (Wildman–Crippen MR) is 45.5 cm³/mol. The first-order valence-corrected chi connectivity index (χ1v) is 3.88. The van der Waals surface area contributed by atoms with Crippen LogP contribution in [-0.2, 0) is 4.79 Å². The molecular weight excluding hydrogens is 140 g/mol. The molecule has 0 radical (unpaired) electrons. The molecule has 0 aromatic carbocycles. The van der Waals surface area contributed by atoms with Gasteiger partial charge in [-0.1, -0.05) is 12.5 Å². The molecule has 0 aromatic rings. The second-order valence-corrected chi connectivity index (χ2v) is 3.20. The maximum absolute atomic E-state index is 10.2. The molecule has 0 saturated carbocycles. The lowest BCUT2D eigenvalue weighted by atomic mass is 10.00. The molecule has 0 spiro atoms. The van der Waals surface area contributed by atoms with E-state index in [0.29, 0.717) is 0 Å². The summed E-state index contributed by atoms with van der Waals surface area (Å²) in [5.41, 5.74) is 1.13. The fourth-order valence-corrected chi connectivity index (χ4v) is 0.893. The quantitative estimate of drug-likeness (QED) is 0.621. The van der Waals surface area contributed by atoms with Gasteiger partial charge in [0.25, 0.3) is 0 Å². The highest BCUT2D eigenvalue weighted by Crippen LogP contribution is 2.13. The molecule has 2 heteroatoms. The van der Waals surface area contributed by atoms with Gasteiger partial charge in [0, 0.05) is 6.42 Å². The smallest absolute Gasteiger partial charge is 0.303 e. The molecule has 0 amide bonds. The molecule has 0 saturated heterocycles. The van der Waals surface area contributed by atoms with E-state index in [9.17, 15) is 4.79 Å². The molecule has 0 aliphatic rings. The summed E-state index contributed by atoms with van der Waals surface area (Å²) in [4.78, 5) is 10.2. The Hall–Kier alpha value is -0.790. The normalized spacial score (nSPS) is 12.5. The lowest BCUT2D eigenvalue weighted by Gasteiger charge is -2.06. The summed E-state index contributed by atoms with van der Waals surface area (Å²) in [6, 6.07) is 0. The van der Waals surface area contributed by atoms with Crippen molar-refractivity contribution in [2.75, 3.05) is 0 Å². The first kappa shape index (κ1) is 10.2. The van der Waals surface area contributed by atoms with Gasteiger partial charge < -0.3 is 5.11 Å². The Morgan fingerprint density at radius 2 is 2.18 bits per heavy atom. The number of rotatable bonds is 5. The summed E-state index contributed by atoms with van der Waals surface area (Å²) in [6.45, 7) is 7.68. The molecule has 1 atom stereocenters. The molecule has 1 N–H and O–H groups in total. The van der Waals surface area contributed by atoms with Crippen molar-refractivity contribution in [1.29, 1.82) is 0 Å². The van der Waals surface area contributed by atoms with Gasteiger partial charge in [0.15, 0.2) is 0 Å². The Bertz CT molecular complexity index is 150. The number of carbonyl (C=O) groups is 1. The van der Waals surface area contributed by atoms with Gasteiger partial charge in [-0.25, -0.2) is 0 Å². The van der Waals surface area contributed by atoms with Crippen LogP contribution in [0.4, 0.5) is 0 Å². The van der Waals surface area contributed by atoms with Crippen LogP contribution in [0.3, 0.4) is 0 Å². The lowest BCUT2D eigenvalue weighted by Crippen LogP contribution is -2.03. The monoisotopic (exact) mass is 156 g/mol. The first-order valence-electron chi connectivity index (χ1n) is 3.88. The van der Waals surface area contributed by atoms with Crippen LogP contribution in [0.5, 0.6) is 0 Å². The Morgan fingerprint density at radius 1 is 1.64 bits per heavy atom. The van der Waals surface area contributed by atoms with Crippen LogP contribution in [0.1, 0.15) is 33.1 Å². The highest BCUT2D eigenvalue weighted by atomic mass is 16.4. The molecule has 0 fully saturated rings. The first-order chi connectivity index (χ1) is 5.02. The van der Waals surface area contributed by atoms with Gasteiger partial charge in [0.2, 0.25) is 0 Å². The molecule has 1 unspecified atom stereocenters. The topological polar surface area (TPSA) is 37.3 Å². The van der Waals surface area contributed by atoms with E-state index in [1.54, 1.807) is 0 Å². The van der Waals surface area contributed by atoms with Crippen molar-refractivity contribution >= 4 is 5.97 Å². The molecular formula is C9H16O2. The van der Waals surface area contributed by atoms with Gasteiger partial charge in [0.05, 0.1) is 0 Å². The van der Waals surface area contributed by atoms with Gasteiger partial charge in [-0.05, 0) is 25.7 Å². The fraction of sp³-hybridized carbons (Fsp3) is 0.667. The van der Waals surface area contributed by atoms with Crippen molar-refractivity contribution in [2.45, 2.75) is 33.1 Å². The maximum Gasteiger partial charge on any atom is 0.303 e. The Kier molecular flexibility index (Phi) is 4.59. The number of carboxylic acids is 1. The third kappa shape index (κ3) is 7.10. The van der Waals surface area contributed by atoms with E-state index in [2.05, 4.69) is 6.58 Å². The standard InChI is InChI=1S/C9H16O2/c1-7(2)4-5-8(3)6-9(10)11/h8H,1,4-6H2,2-3H3,(H,10,11). The van der Waals surface area contributed by atoms with E-state index in [1.807, 2.05) is 13.8 Å². The number of carboxylic acid groups (broad SMARTS) is 1. The zero-order valence-electron chi connectivity index (χ0n) is 7.26. The van der Waals surface area contributed by atoms with E-state index in [1.165, 1.54) is 0 Å². The van der Waals surface area contributed by atoms with Crippen molar-refractivity contribution in [3.8, 4) is 0 Å². The van der Waals surface area contributed by atoms with Crippen molar-refractivity contribution < 1.29 is 9.90 Å². The average molecular weight is 156 g/mol. The zero-order chi connectivity index (χ0) is 8.85. The van der Waals surface area contributed by atoms with Crippen LogP contribution in [0.15, 0.2) is 12.2 Å². The number of hydrogen-bond acceptors (Lipinski definition) is 1. The molecule has 0 bridgehead atoms. The minimum absolute atomic E-state index is 0.268.